The van der Waals surface area contributed by atoms with Gasteiger partial charge in [-0.3, -0.25) is 10.0 Å². The van der Waals surface area contributed by atoms with Crippen molar-refractivity contribution in [3.8, 4) is 11.5 Å². The van der Waals surface area contributed by atoms with Crippen molar-refractivity contribution in [3.05, 3.63) is 29.5 Å². The number of aliphatic hydroxyl groups excluding tert-OH is 4. The van der Waals surface area contributed by atoms with E-state index in [1.165, 1.54) is 0 Å². The number of carbonyl (C=O) groups excluding carboxylic acids is 1. The topological polar surface area (TPSA) is 161 Å². The van der Waals surface area contributed by atoms with Crippen LogP contribution in [0.1, 0.15) is 74.7 Å². The lowest BCUT2D eigenvalue weighted by atomic mass is 9.87. The van der Waals surface area contributed by atoms with Crippen LogP contribution in [0, 0.1) is 17.0 Å². The smallest absolute Gasteiger partial charge is 0.307 e. The van der Waals surface area contributed by atoms with Crippen molar-refractivity contribution < 1.29 is 44.3 Å². The highest BCUT2D eigenvalue weighted by Gasteiger charge is 2.32. The van der Waals surface area contributed by atoms with Crippen molar-refractivity contribution in [1.82, 2.24) is 5.23 Å². The fourth-order valence-electron chi connectivity index (χ4n) is 3.95. The molecular formula is C31H54NO10S-. The minimum absolute atomic E-state index is 0.0216. The Hall–Kier alpha value is -1.64. The quantitative estimate of drug-likeness (QED) is 0.114. The Morgan fingerprint density at radius 2 is 1.51 bits per heavy atom. The van der Waals surface area contributed by atoms with Crippen molar-refractivity contribution in [3.63, 3.8) is 0 Å². The summed E-state index contributed by atoms with van der Waals surface area (Å²) in [5.41, 5.74) is -1.53. The number of nitrogens with zero attached hydrogens (tertiary/aromatic N) is 1. The monoisotopic (exact) mass is 632 g/mol. The van der Waals surface area contributed by atoms with Crippen LogP contribution in [0.4, 0.5) is 0 Å². The third kappa shape index (κ3) is 17.4. The van der Waals surface area contributed by atoms with Crippen molar-refractivity contribution in [2.24, 2.45) is 11.8 Å². The zero-order valence-electron chi connectivity index (χ0n) is 27.0. The summed E-state index contributed by atoms with van der Waals surface area (Å²) in [6.45, 7) is 14.4. The molecule has 1 aromatic carbocycles. The van der Waals surface area contributed by atoms with E-state index in [-0.39, 0.29) is 49.9 Å². The maximum atomic E-state index is 12.3. The number of aliphatic hydroxyl groups is 4. The summed E-state index contributed by atoms with van der Waals surface area (Å²) in [5, 5.41) is 51.9. The summed E-state index contributed by atoms with van der Waals surface area (Å²) in [6, 6.07) is 6.96. The highest BCUT2D eigenvalue weighted by atomic mass is 32.2. The van der Waals surface area contributed by atoms with Gasteiger partial charge in [-0.15, -0.1) is 0 Å². The van der Waals surface area contributed by atoms with Crippen LogP contribution in [-0.4, -0.2) is 98.5 Å². The van der Waals surface area contributed by atoms with Crippen molar-refractivity contribution in [2.75, 3.05) is 32.1 Å². The number of hydrogen-bond donors (Lipinski definition) is 4. The van der Waals surface area contributed by atoms with Crippen LogP contribution >= 0.6 is 11.8 Å². The molecule has 1 aromatic rings. The van der Waals surface area contributed by atoms with Gasteiger partial charge in [0.05, 0.1) is 36.9 Å². The Bertz CT molecular complexity index is 928. The molecule has 12 heteroatoms. The first-order valence-corrected chi connectivity index (χ1v) is 15.9. The summed E-state index contributed by atoms with van der Waals surface area (Å²) in [6.07, 6.45) is -1.52. The lowest BCUT2D eigenvalue weighted by Gasteiger charge is -2.35. The van der Waals surface area contributed by atoms with E-state index in [1.54, 1.807) is 70.6 Å². The third-order valence-electron chi connectivity index (χ3n) is 6.96. The predicted molar refractivity (Wildman–Crippen MR) is 168 cm³/mol. The van der Waals surface area contributed by atoms with E-state index >= 15 is 0 Å². The Balaban J connectivity index is 2.46. The lowest BCUT2D eigenvalue weighted by molar-refractivity contribution is -0.202. The number of rotatable bonds is 21. The highest BCUT2D eigenvalue weighted by Crippen LogP contribution is 2.28. The summed E-state index contributed by atoms with van der Waals surface area (Å²) >= 11 is 1.56. The first kappa shape index (κ1) is 39.4. The second-order valence-corrected chi connectivity index (χ2v) is 14.1. The molecular weight excluding hydrogens is 578 g/mol. The van der Waals surface area contributed by atoms with E-state index in [2.05, 4.69) is 0 Å². The molecule has 43 heavy (non-hydrogen) atoms. The minimum Gasteiger partial charge on any atom is -0.762 e. The molecule has 11 nitrogen and oxygen atoms in total. The number of thioether (sulfide) groups is 1. The van der Waals surface area contributed by atoms with Gasteiger partial charge in [-0.05, 0) is 71.4 Å². The average molecular weight is 633 g/mol. The summed E-state index contributed by atoms with van der Waals surface area (Å²) in [4.78, 5) is 17.5. The van der Waals surface area contributed by atoms with Crippen LogP contribution in [0.2, 0.25) is 0 Å². The molecule has 1 rings (SSSR count). The standard InChI is InChI=1S/C31H54NO10S/c1-21(23(3)43-20-26(36)17-33)14-24(34)18-39-27-10-9-11-28(16-27)40-19-25(35)15-22(2)31(7,8)41-29(37)12-13-32(38)42-30(4,5)6/h9-11,16,21-26,33-36H,12-15,17-20H2,1-8H3/q-1. The molecule has 0 aliphatic heterocycles. The molecule has 0 spiro atoms. The normalized spacial score (nSPS) is 16.7. The number of esters is 1. The van der Waals surface area contributed by atoms with Crippen LogP contribution in [0.3, 0.4) is 0 Å². The van der Waals surface area contributed by atoms with Gasteiger partial charge in [-0.1, -0.05) is 26.8 Å². The number of ether oxygens (including phenoxy) is 3. The van der Waals surface area contributed by atoms with Gasteiger partial charge >= 0.3 is 5.97 Å². The second-order valence-electron chi connectivity index (χ2n) is 12.7. The van der Waals surface area contributed by atoms with E-state index in [1.807, 2.05) is 20.8 Å². The highest BCUT2D eigenvalue weighted by molar-refractivity contribution is 7.99. The fraction of sp³-hybridized carbons (Fsp3) is 0.774. The number of hydroxylamine groups is 2. The molecule has 0 bridgehead atoms. The molecule has 0 aliphatic rings. The Kier molecular flexibility index (Phi) is 17.4. The molecule has 0 heterocycles. The van der Waals surface area contributed by atoms with Crippen LogP contribution in [0.15, 0.2) is 24.3 Å². The molecule has 250 valence electrons. The molecule has 0 aromatic heterocycles. The minimum atomic E-state index is -0.875. The van der Waals surface area contributed by atoms with Crippen LogP contribution in [0.5, 0.6) is 11.5 Å². The number of carbonyl (C=O) groups is 1. The summed E-state index contributed by atoms with van der Waals surface area (Å²) in [5.74, 6) is 0.921. The second kappa shape index (κ2) is 19.0. The van der Waals surface area contributed by atoms with E-state index in [9.17, 15) is 25.3 Å². The average Bonchev–Trinajstić information content (AvgIpc) is 2.91. The molecule has 0 saturated heterocycles. The largest absolute Gasteiger partial charge is 0.762 e. The molecule has 0 radical (unpaired) electrons. The first-order chi connectivity index (χ1) is 19.9. The van der Waals surface area contributed by atoms with Gasteiger partial charge < -0.3 is 44.7 Å². The summed E-state index contributed by atoms with van der Waals surface area (Å²) in [7, 11) is 0. The SMILES string of the molecule is CC(CC(O)COc1cccc(OCC(O)CC(C)C(C)(C)OC(=O)CCN([O-])OC(C)(C)C)c1)C(C)SCC(O)CO. The summed E-state index contributed by atoms with van der Waals surface area (Å²) < 4.78 is 17.1. The Morgan fingerprint density at radius 1 is 0.953 bits per heavy atom. The molecule has 6 unspecified atom stereocenters. The van der Waals surface area contributed by atoms with Gasteiger partial charge in [0.1, 0.15) is 30.3 Å². The maximum absolute atomic E-state index is 12.3. The van der Waals surface area contributed by atoms with E-state index < -0.39 is 35.5 Å². The van der Waals surface area contributed by atoms with Gasteiger partial charge in [0.2, 0.25) is 0 Å². The number of benzene rings is 1. The molecule has 6 atom stereocenters. The van der Waals surface area contributed by atoms with E-state index in [0.29, 0.717) is 35.3 Å². The maximum Gasteiger partial charge on any atom is 0.307 e. The van der Waals surface area contributed by atoms with Crippen LogP contribution < -0.4 is 9.47 Å². The van der Waals surface area contributed by atoms with Crippen molar-refractivity contribution in [2.45, 2.75) is 109 Å². The molecule has 0 aliphatic carbocycles. The zero-order valence-corrected chi connectivity index (χ0v) is 27.8. The van der Waals surface area contributed by atoms with Crippen LogP contribution in [-0.2, 0) is 14.4 Å². The number of hydrogen-bond acceptors (Lipinski definition) is 12. The first-order valence-electron chi connectivity index (χ1n) is 14.9. The molecule has 0 fully saturated rings. The molecule has 0 saturated carbocycles. The van der Waals surface area contributed by atoms with E-state index in [0.717, 1.165) is 0 Å². The van der Waals surface area contributed by atoms with Gasteiger partial charge in [0, 0.05) is 23.6 Å². The molecule has 0 amide bonds. The third-order valence-corrected chi connectivity index (χ3v) is 8.53. The van der Waals surface area contributed by atoms with Gasteiger partial charge in [-0.25, -0.2) is 0 Å². The van der Waals surface area contributed by atoms with E-state index in [4.69, 9.17) is 24.2 Å². The predicted octanol–water partition coefficient (Wildman–Crippen LogP) is 3.94. The molecule has 4 N–H and O–H groups in total. The van der Waals surface area contributed by atoms with Gasteiger partial charge in [0.15, 0.2) is 0 Å². The Morgan fingerprint density at radius 3 is 2.05 bits per heavy atom. The van der Waals surface area contributed by atoms with Crippen molar-refractivity contribution in [1.29, 1.82) is 0 Å². The Labute approximate surface area is 261 Å². The van der Waals surface area contributed by atoms with Gasteiger partial charge in [-0.2, -0.15) is 11.8 Å². The van der Waals surface area contributed by atoms with Crippen LogP contribution in [0.25, 0.3) is 0 Å². The van der Waals surface area contributed by atoms with Crippen molar-refractivity contribution >= 4 is 17.7 Å². The fourth-order valence-corrected chi connectivity index (χ4v) is 5.02. The van der Waals surface area contributed by atoms with Gasteiger partial charge in [0.25, 0.3) is 0 Å². The zero-order chi connectivity index (χ0) is 32.8. The lowest BCUT2D eigenvalue weighted by Crippen LogP contribution is -2.39.